The van der Waals surface area contributed by atoms with E-state index in [2.05, 4.69) is 4.90 Å². The van der Waals surface area contributed by atoms with Crippen molar-refractivity contribution in [1.82, 2.24) is 4.90 Å². The Morgan fingerprint density at radius 1 is 1.38 bits per heavy atom. The predicted octanol–water partition coefficient (Wildman–Crippen LogP) is 1.19. The number of morpholine rings is 1. The lowest BCUT2D eigenvalue weighted by molar-refractivity contribution is -0.0146. The molecule has 1 atom stereocenters. The lowest BCUT2D eigenvalue weighted by Gasteiger charge is -2.35. The fourth-order valence-corrected chi connectivity index (χ4v) is 2.03. The van der Waals surface area contributed by atoms with Gasteiger partial charge in [0.15, 0.2) is 0 Å². The zero-order chi connectivity index (χ0) is 11.4. The first-order valence-corrected chi connectivity index (χ1v) is 5.49. The van der Waals surface area contributed by atoms with Gasteiger partial charge in [-0.1, -0.05) is 12.1 Å². The molecule has 0 radical (unpaired) electrons. The van der Waals surface area contributed by atoms with Gasteiger partial charge in [-0.25, -0.2) is 4.39 Å². The number of rotatable bonds is 3. The monoisotopic (exact) mass is 225 g/mol. The van der Waals surface area contributed by atoms with Crippen LogP contribution in [0.15, 0.2) is 24.3 Å². The molecule has 1 aromatic carbocycles. The van der Waals surface area contributed by atoms with E-state index in [1.54, 1.807) is 12.1 Å². The fourth-order valence-electron chi connectivity index (χ4n) is 2.03. The predicted molar refractivity (Wildman–Crippen MR) is 58.6 cm³/mol. The van der Waals surface area contributed by atoms with Gasteiger partial charge in [0.1, 0.15) is 5.82 Å². The maximum Gasteiger partial charge on any atom is 0.123 e. The summed E-state index contributed by atoms with van der Waals surface area (Å²) in [5.74, 6) is -0.228. The van der Waals surface area contributed by atoms with Gasteiger partial charge in [0.25, 0.3) is 0 Å². The van der Waals surface area contributed by atoms with Crippen LogP contribution in [0.25, 0.3) is 0 Å². The minimum absolute atomic E-state index is 0.126. The number of hydrogen-bond donors (Lipinski definition) is 1. The number of hydrogen-bond acceptors (Lipinski definition) is 3. The summed E-state index contributed by atoms with van der Waals surface area (Å²) in [6.07, 6.45) is 0. The van der Waals surface area contributed by atoms with Crippen LogP contribution in [-0.2, 0) is 4.74 Å². The van der Waals surface area contributed by atoms with Crippen LogP contribution in [0.2, 0.25) is 0 Å². The van der Waals surface area contributed by atoms with Crippen molar-refractivity contribution in [1.29, 1.82) is 0 Å². The second-order valence-corrected chi connectivity index (χ2v) is 3.90. The molecule has 1 saturated heterocycles. The molecule has 88 valence electrons. The van der Waals surface area contributed by atoms with Crippen LogP contribution >= 0.6 is 0 Å². The highest BCUT2D eigenvalue weighted by Crippen LogP contribution is 2.23. The van der Waals surface area contributed by atoms with Crippen molar-refractivity contribution in [3.8, 4) is 0 Å². The first-order valence-electron chi connectivity index (χ1n) is 5.49. The Bertz CT molecular complexity index is 326. The Kier molecular flexibility index (Phi) is 3.88. The van der Waals surface area contributed by atoms with Gasteiger partial charge < -0.3 is 9.84 Å². The Labute approximate surface area is 94.4 Å². The van der Waals surface area contributed by atoms with Gasteiger partial charge in [-0.05, 0) is 17.7 Å². The summed E-state index contributed by atoms with van der Waals surface area (Å²) in [5.41, 5.74) is 1.04. The Hall–Kier alpha value is -0.970. The first kappa shape index (κ1) is 11.5. The number of halogens is 1. The number of aliphatic hydroxyl groups excluding tert-OH is 1. The highest BCUT2D eigenvalue weighted by molar-refractivity contribution is 5.20. The Balaban J connectivity index is 2.13. The minimum Gasteiger partial charge on any atom is -0.395 e. The molecule has 1 heterocycles. The van der Waals surface area contributed by atoms with Crippen molar-refractivity contribution in [2.75, 3.05) is 32.9 Å². The van der Waals surface area contributed by atoms with E-state index in [0.717, 1.165) is 12.1 Å². The molecular weight excluding hydrogens is 209 g/mol. The van der Waals surface area contributed by atoms with E-state index in [9.17, 15) is 4.39 Å². The third-order valence-corrected chi connectivity index (χ3v) is 2.88. The van der Waals surface area contributed by atoms with Crippen LogP contribution in [0.3, 0.4) is 0 Å². The second-order valence-electron chi connectivity index (χ2n) is 3.90. The average molecular weight is 225 g/mol. The zero-order valence-electron chi connectivity index (χ0n) is 9.10. The molecule has 16 heavy (non-hydrogen) atoms. The van der Waals surface area contributed by atoms with Crippen LogP contribution in [-0.4, -0.2) is 42.9 Å². The van der Waals surface area contributed by atoms with Crippen molar-refractivity contribution >= 4 is 0 Å². The largest absolute Gasteiger partial charge is 0.395 e. The summed E-state index contributed by atoms with van der Waals surface area (Å²) in [6, 6.07) is 6.60. The van der Waals surface area contributed by atoms with Crippen molar-refractivity contribution in [3.63, 3.8) is 0 Å². The van der Waals surface area contributed by atoms with E-state index in [0.29, 0.717) is 19.8 Å². The van der Waals surface area contributed by atoms with E-state index < -0.39 is 0 Å². The molecule has 4 heteroatoms. The summed E-state index contributed by atoms with van der Waals surface area (Å²) < 4.78 is 18.2. The van der Waals surface area contributed by atoms with Gasteiger partial charge in [0.2, 0.25) is 0 Å². The highest BCUT2D eigenvalue weighted by Gasteiger charge is 2.23. The highest BCUT2D eigenvalue weighted by atomic mass is 19.1. The summed E-state index contributed by atoms with van der Waals surface area (Å²) in [7, 11) is 0. The van der Waals surface area contributed by atoms with Gasteiger partial charge in [-0.3, -0.25) is 4.90 Å². The average Bonchev–Trinajstić information content (AvgIpc) is 2.32. The van der Waals surface area contributed by atoms with Crippen LogP contribution in [0, 0.1) is 5.82 Å². The second kappa shape index (κ2) is 5.39. The van der Waals surface area contributed by atoms with Gasteiger partial charge in [0.05, 0.1) is 25.9 Å². The summed E-state index contributed by atoms with van der Waals surface area (Å²) in [5, 5.41) is 8.98. The number of ether oxygens (including phenoxy) is 1. The normalized spacial score (nSPS) is 22.2. The number of benzene rings is 1. The van der Waals surface area contributed by atoms with Gasteiger partial charge in [-0.15, -0.1) is 0 Å². The molecule has 3 nitrogen and oxygen atoms in total. The van der Waals surface area contributed by atoms with Crippen LogP contribution in [0.1, 0.15) is 11.6 Å². The molecule has 0 bridgehead atoms. The van der Waals surface area contributed by atoms with E-state index in [4.69, 9.17) is 9.84 Å². The molecule has 0 amide bonds. The van der Waals surface area contributed by atoms with E-state index >= 15 is 0 Å². The molecule has 1 fully saturated rings. The molecule has 0 aliphatic carbocycles. The third kappa shape index (κ3) is 2.58. The van der Waals surface area contributed by atoms with Gasteiger partial charge in [0, 0.05) is 13.1 Å². The van der Waals surface area contributed by atoms with Crippen molar-refractivity contribution in [3.05, 3.63) is 35.6 Å². The van der Waals surface area contributed by atoms with E-state index in [1.165, 1.54) is 12.1 Å². The Morgan fingerprint density at radius 2 is 2.12 bits per heavy atom. The van der Waals surface area contributed by atoms with E-state index in [1.807, 2.05) is 0 Å². The summed E-state index contributed by atoms with van der Waals surface area (Å²) >= 11 is 0. The van der Waals surface area contributed by atoms with Gasteiger partial charge in [-0.2, -0.15) is 0 Å². The zero-order valence-corrected chi connectivity index (χ0v) is 9.10. The molecule has 0 aromatic heterocycles. The van der Waals surface area contributed by atoms with Crippen molar-refractivity contribution in [2.24, 2.45) is 0 Å². The molecule has 0 saturated carbocycles. The lowest BCUT2D eigenvalue weighted by atomic mass is 10.0. The standard InChI is InChI=1S/C12H16FNO2/c13-11-3-1-10(2-4-11)12-9-16-8-6-14(12)5-7-15/h1-4,12,15H,5-9H2/t12-/m1/s1. The Morgan fingerprint density at radius 3 is 2.81 bits per heavy atom. The van der Waals surface area contributed by atoms with Crippen molar-refractivity contribution < 1.29 is 14.2 Å². The summed E-state index contributed by atoms with van der Waals surface area (Å²) in [4.78, 5) is 2.16. The lowest BCUT2D eigenvalue weighted by Crippen LogP contribution is -2.40. The van der Waals surface area contributed by atoms with Crippen LogP contribution in [0.4, 0.5) is 4.39 Å². The quantitative estimate of drug-likeness (QED) is 0.838. The smallest absolute Gasteiger partial charge is 0.123 e. The minimum atomic E-state index is -0.228. The summed E-state index contributed by atoms with van der Waals surface area (Å²) in [6.45, 7) is 2.87. The van der Waals surface area contributed by atoms with Gasteiger partial charge >= 0.3 is 0 Å². The van der Waals surface area contributed by atoms with Crippen LogP contribution < -0.4 is 0 Å². The van der Waals surface area contributed by atoms with E-state index in [-0.39, 0.29) is 18.5 Å². The number of nitrogens with zero attached hydrogens (tertiary/aromatic N) is 1. The van der Waals surface area contributed by atoms with Crippen LogP contribution in [0.5, 0.6) is 0 Å². The topological polar surface area (TPSA) is 32.7 Å². The number of aliphatic hydroxyl groups is 1. The maximum atomic E-state index is 12.8. The molecule has 0 unspecified atom stereocenters. The molecule has 1 aliphatic heterocycles. The molecule has 1 aliphatic rings. The molecule has 1 N–H and O–H groups in total. The molecule has 0 spiro atoms. The maximum absolute atomic E-state index is 12.8. The number of β-amino-alcohol motifs (C(OH)–C–C–N with tert-alkyl or cyclic N) is 1. The molecular formula is C12H16FNO2. The fraction of sp³-hybridized carbons (Fsp3) is 0.500. The van der Waals surface area contributed by atoms with Crippen molar-refractivity contribution in [2.45, 2.75) is 6.04 Å². The molecule has 1 aromatic rings. The third-order valence-electron chi connectivity index (χ3n) is 2.88. The molecule has 2 rings (SSSR count). The SMILES string of the molecule is OCCN1CCOC[C@@H]1c1ccc(F)cc1. The first-order chi connectivity index (χ1) is 7.81.